The highest BCUT2D eigenvalue weighted by atomic mass is 32.2. The van der Waals surface area contributed by atoms with E-state index in [0.717, 1.165) is 63.1 Å². The van der Waals surface area contributed by atoms with Crippen molar-refractivity contribution in [3.63, 3.8) is 0 Å². The predicted octanol–water partition coefficient (Wildman–Crippen LogP) is 4.78. The van der Waals surface area contributed by atoms with Crippen molar-refractivity contribution >= 4 is 23.6 Å². The van der Waals surface area contributed by atoms with Gasteiger partial charge in [0.15, 0.2) is 0 Å². The summed E-state index contributed by atoms with van der Waals surface area (Å²) in [6.07, 6.45) is 7.32. The summed E-state index contributed by atoms with van der Waals surface area (Å²) in [6, 6.07) is 20.9. The Morgan fingerprint density at radius 1 is 0.613 bits per heavy atom. The van der Waals surface area contributed by atoms with Gasteiger partial charge < -0.3 is 10.6 Å². The molecule has 2 amide bonds. The van der Waals surface area contributed by atoms with Gasteiger partial charge in [-0.3, -0.25) is 9.59 Å². The minimum Gasteiger partial charge on any atom is -0.356 e. The molecule has 4 nitrogen and oxygen atoms in total. The van der Waals surface area contributed by atoms with Gasteiger partial charge in [0.25, 0.3) is 0 Å². The lowest BCUT2D eigenvalue weighted by molar-refractivity contribution is -0.121. The summed E-state index contributed by atoms with van der Waals surface area (Å²) >= 11 is 1.67. The fourth-order valence-electron chi connectivity index (χ4n) is 3.26. The normalized spacial score (nSPS) is 10.6. The number of carbonyl (C=O) groups is 2. The Hall–Kier alpha value is -2.27. The minimum atomic E-state index is 0.107. The molecule has 2 aromatic rings. The summed E-state index contributed by atoms with van der Waals surface area (Å²) in [4.78, 5) is 23.7. The Labute approximate surface area is 191 Å². The van der Waals surface area contributed by atoms with Crippen LogP contribution in [0.5, 0.6) is 0 Å². The molecule has 31 heavy (non-hydrogen) atoms. The maximum Gasteiger partial charge on any atom is 0.220 e. The van der Waals surface area contributed by atoms with Crippen LogP contribution in [0, 0.1) is 0 Å². The molecule has 2 aromatic carbocycles. The fraction of sp³-hybridized carbons (Fsp3) is 0.462. The number of nitrogens with one attached hydrogen (secondary N) is 2. The quantitative estimate of drug-likeness (QED) is 0.369. The van der Waals surface area contributed by atoms with Crippen LogP contribution in [0.15, 0.2) is 60.7 Å². The third-order valence-electron chi connectivity index (χ3n) is 5.06. The summed E-state index contributed by atoms with van der Waals surface area (Å²) in [6.45, 7) is 1.48. The van der Waals surface area contributed by atoms with Gasteiger partial charge in [-0.2, -0.15) is 11.8 Å². The average molecular weight is 441 g/mol. The van der Waals surface area contributed by atoms with Gasteiger partial charge in [0, 0.05) is 37.4 Å². The number of amides is 2. The number of unbranched alkanes of at least 4 members (excludes halogenated alkanes) is 2. The Bertz CT molecular complexity index is 674. The van der Waals surface area contributed by atoms with E-state index in [9.17, 15) is 9.59 Å². The number of aryl methyl sites for hydroxylation is 2. The molecule has 168 valence electrons. The zero-order valence-corrected chi connectivity index (χ0v) is 19.3. The van der Waals surface area contributed by atoms with Crippen LogP contribution in [0.1, 0.15) is 49.7 Å². The van der Waals surface area contributed by atoms with Gasteiger partial charge >= 0.3 is 0 Å². The molecule has 0 bridgehead atoms. The summed E-state index contributed by atoms with van der Waals surface area (Å²) in [5.74, 6) is 1.74. The molecule has 0 radical (unpaired) electrons. The van der Waals surface area contributed by atoms with E-state index in [0.29, 0.717) is 12.8 Å². The van der Waals surface area contributed by atoms with E-state index in [1.54, 1.807) is 11.8 Å². The molecular formula is C26H36N2O2S. The minimum absolute atomic E-state index is 0.107. The molecule has 0 saturated heterocycles. The number of thioether (sulfide) groups is 1. The molecule has 0 atom stereocenters. The standard InChI is InChI=1S/C26H36N2O2S/c29-25(27-19-9-7-15-23-11-3-1-4-12-23)17-21-31-22-18-26(30)28-20-10-8-16-24-13-5-2-6-14-24/h1-6,11-14H,7-10,15-22H2,(H,27,29)(H,28,30). The van der Waals surface area contributed by atoms with Crippen LogP contribution in [0.25, 0.3) is 0 Å². The zero-order chi connectivity index (χ0) is 22.0. The first-order chi connectivity index (χ1) is 15.2. The van der Waals surface area contributed by atoms with Crippen molar-refractivity contribution in [1.29, 1.82) is 0 Å². The highest BCUT2D eigenvalue weighted by molar-refractivity contribution is 7.99. The van der Waals surface area contributed by atoms with Crippen LogP contribution in [0.3, 0.4) is 0 Å². The van der Waals surface area contributed by atoms with Crippen LogP contribution in [0.4, 0.5) is 0 Å². The zero-order valence-electron chi connectivity index (χ0n) is 18.5. The molecule has 2 rings (SSSR count). The third kappa shape index (κ3) is 12.9. The first-order valence-electron chi connectivity index (χ1n) is 11.4. The van der Waals surface area contributed by atoms with Crippen molar-refractivity contribution in [1.82, 2.24) is 10.6 Å². The van der Waals surface area contributed by atoms with Gasteiger partial charge in [0.05, 0.1) is 0 Å². The lowest BCUT2D eigenvalue weighted by Gasteiger charge is -2.07. The van der Waals surface area contributed by atoms with Gasteiger partial charge in [-0.15, -0.1) is 0 Å². The van der Waals surface area contributed by atoms with E-state index >= 15 is 0 Å². The largest absolute Gasteiger partial charge is 0.356 e. The summed E-state index contributed by atoms with van der Waals surface area (Å²) in [7, 11) is 0. The van der Waals surface area contributed by atoms with Crippen molar-refractivity contribution in [2.75, 3.05) is 24.6 Å². The molecule has 2 N–H and O–H groups in total. The van der Waals surface area contributed by atoms with E-state index in [2.05, 4.69) is 59.2 Å². The van der Waals surface area contributed by atoms with Gasteiger partial charge in [-0.05, 0) is 49.7 Å². The lowest BCUT2D eigenvalue weighted by atomic mass is 10.1. The van der Waals surface area contributed by atoms with Crippen LogP contribution >= 0.6 is 11.8 Å². The average Bonchev–Trinajstić information content (AvgIpc) is 2.80. The topological polar surface area (TPSA) is 58.2 Å². The van der Waals surface area contributed by atoms with Crippen LogP contribution < -0.4 is 10.6 Å². The fourth-order valence-corrected chi connectivity index (χ4v) is 4.13. The Kier molecular flexibility index (Phi) is 13.2. The molecule has 0 heterocycles. The predicted molar refractivity (Wildman–Crippen MR) is 131 cm³/mol. The van der Waals surface area contributed by atoms with E-state index in [-0.39, 0.29) is 11.8 Å². The second-order valence-electron chi connectivity index (χ2n) is 7.70. The number of hydrogen-bond acceptors (Lipinski definition) is 3. The Balaban J connectivity index is 1.35. The highest BCUT2D eigenvalue weighted by Crippen LogP contribution is 2.06. The maximum absolute atomic E-state index is 11.9. The molecule has 0 aromatic heterocycles. The van der Waals surface area contributed by atoms with Crippen molar-refractivity contribution in [3.8, 4) is 0 Å². The molecule has 0 aliphatic rings. The number of carbonyl (C=O) groups excluding carboxylic acids is 2. The molecule has 0 aliphatic carbocycles. The number of rotatable bonds is 16. The second-order valence-corrected chi connectivity index (χ2v) is 8.92. The monoisotopic (exact) mass is 440 g/mol. The van der Waals surface area contributed by atoms with Crippen LogP contribution in [0.2, 0.25) is 0 Å². The van der Waals surface area contributed by atoms with Crippen molar-refractivity contribution in [2.24, 2.45) is 0 Å². The second kappa shape index (κ2) is 16.4. The smallest absolute Gasteiger partial charge is 0.220 e. The van der Waals surface area contributed by atoms with Gasteiger partial charge in [0.2, 0.25) is 11.8 Å². The van der Waals surface area contributed by atoms with E-state index in [4.69, 9.17) is 0 Å². The van der Waals surface area contributed by atoms with Gasteiger partial charge in [0.1, 0.15) is 0 Å². The Morgan fingerprint density at radius 2 is 1.03 bits per heavy atom. The maximum atomic E-state index is 11.9. The van der Waals surface area contributed by atoms with Crippen molar-refractivity contribution in [3.05, 3.63) is 71.8 Å². The van der Waals surface area contributed by atoms with Crippen LogP contribution in [-0.4, -0.2) is 36.4 Å². The molecular weight excluding hydrogens is 404 g/mol. The number of benzene rings is 2. The molecule has 0 unspecified atom stereocenters. The first kappa shape index (κ1) is 25.0. The Morgan fingerprint density at radius 3 is 1.45 bits per heavy atom. The summed E-state index contributed by atoms with van der Waals surface area (Å²) in [5, 5.41) is 5.98. The van der Waals surface area contributed by atoms with Crippen molar-refractivity contribution in [2.45, 2.75) is 51.4 Å². The van der Waals surface area contributed by atoms with Gasteiger partial charge in [-0.25, -0.2) is 0 Å². The lowest BCUT2D eigenvalue weighted by Crippen LogP contribution is -2.25. The van der Waals surface area contributed by atoms with E-state index in [1.165, 1.54) is 11.1 Å². The SMILES string of the molecule is O=C(CCSCCC(=O)NCCCCc1ccccc1)NCCCCc1ccccc1. The molecule has 0 saturated carbocycles. The third-order valence-corrected chi connectivity index (χ3v) is 6.05. The molecule has 0 spiro atoms. The first-order valence-corrected chi connectivity index (χ1v) is 12.6. The summed E-state index contributed by atoms with van der Waals surface area (Å²) < 4.78 is 0. The highest BCUT2D eigenvalue weighted by Gasteiger charge is 2.04. The van der Waals surface area contributed by atoms with E-state index < -0.39 is 0 Å². The van der Waals surface area contributed by atoms with Crippen LogP contribution in [-0.2, 0) is 22.4 Å². The molecule has 0 fully saturated rings. The number of hydrogen-bond donors (Lipinski definition) is 2. The molecule has 0 aliphatic heterocycles. The van der Waals surface area contributed by atoms with Crippen molar-refractivity contribution < 1.29 is 9.59 Å². The van der Waals surface area contributed by atoms with Gasteiger partial charge in [-0.1, -0.05) is 60.7 Å². The summed E-state index contributed by atoms with van der Waals surface area (Å²) in [5.41, 5.74) is 2.70. The molecule has 5 heteroatoms. The van der Waals surface area contributed by atoms with E-state index in [1.807, 2.05) is 12.1 Å².